The van der Waals surface area contributed by atoms with Gasteiger partial charge in [-0.05, 0) is 31.2 Å². The van der Waals surface area contributed by atoms with Crippen LogP contribution in [-0.2, 0) is 10.0 Å². The number of halogens is 5. The van der Waals surface area contributed by atoms with Crippen LogP contribution in [0.4, 0.5) is 24.5 Å². The Labute approximate surface area is 201 Å². The smallest absolute Gasteiger partial charge is 0.286 e. The largest absolute Gasteiger partial charge is 0.399 e. The van der Waals surface area contributed by atoms with E-state index >= 15 is 0 Å². The van der Waals surface area contributed by atoms with Crippen LogP contribution in [0.15, 0.2) is 59.7 Å². The van der Waals surface area contributed by atoms with Crippen molar-refractivity contribution < 1.29 is 31.3 Å². The van der Waals surface area contributed by atoms with Crippen LogP contribution in [0.3, 0.4) is 0 Å². The number of sulfonamides is 1. The zero-order valence-electron chi connectivity index (χ0n) is 17.0. The quantitative estimate of drug-likeness (QED) is 0.233. The number of benzene rings is 1. The number of para-hydroxylation sites is 1. The van der Waals surface area contributed by atoms with Crippen molar-refractivity contribution in [3.05, 3.63) is 86.1 Å². The number of hydrogen-bond acceptors (Lipinski definition) is 6. The van der Waals surface area contributed by atoms with Gasteiger partial charge >= 0.3 is 6.18 Å². The van der Waals surface area contributed by atoms with Crippen molar-refractivity contribution in [2.45, 2.75) is 18.5 Å². The number of aromatic nitrogens is 1. The molecule has 0 saturated heterocycles. The molecule has 2 unspecified atom stereocenters. The number of alkyl halides is 4. The van der Waals surface area contributed by atoms with Crippen LogP contribution in [0.1, 0.15) is 23.0 Å². The molecule has 0 amide bonds. The normalized spacial score (nSPS) is 20.5. The molecule has 1 N–H and O–H groups in total. The highest BCUT2D eigenvalue weighted by atomic mass is 35.5. The number of allylic oxidation sites excluding steroid dienone is 3. The summed E-state index contributed by atoms with van der Waals surface area (Å²) in [6.07, 6.45) is -1.60. The number of hydrogen-bond donors (Lipinski definition) is 1. The zero-order chi connectivity index (χ0) is 25.5. The summed E-state index contributed by atoms with van der Waals surface area (Å²) in [4.78, 5) is 26.5. The van der Waals surface area contributed by atoms with Crippen LogP contribution in [0.25, 0.3) is 0 Å². The molecule has 180 valence electrons. The number of nitro benzene ring substituents is 1. The fraction of sp³-hybridized carbons (Fsp3) is 0.200. The molecular weight excluding hydrogens is 522 g/mol. The highest BCUT2D eigenvalue weighted by Crippen LogP contribution is 2.48. The highest BCUT2D eigenvalue weighted by Gasteiger charge is 2.55. The summed E-state index contributed by atoms with van der Waals surface area (Å²) in [5.74, 6) is -1.00. The fourth-order valence-electron chi connectivity index (χ4n) is 3.06. The van der Waals surface area contributed by atoms with E-state index in [0.717, 1.165) is 43.5 Å². The molecule has 14 heteroatoms. The van der Waals surface area contributed by atoms with Crippen LogP contribution in [0.2, 0.25) is 5.02 Å². The van der Waals surface area contributed by atoms with E-state index < -0.39 is 59.7 Å². The van der Waals surface area contributed by atoms with Gasteiger partial charge < -0.3 is 0 Å². The number of anilines is 1. The number of ketones is 1. The molecule has 0 aliphatic heterocycles. The second-order valence-corrected chi connectivity index (χ2v) is 9.94. The number of pyridine rings is 1. The number of nitrogens with zero attached hydrogens (tertiary/aromatic N) is 2. The predicted molar refractivity (Wildman–Crippen MR) is 119 cm³/mol. The van der Waals surface area contributed by atoms with Crippen LogP contribution in [0, 0.1) is 15.5 Å². The summed E-state index contributed by atoms with van der Waals surface area (Å²) in [6, 6.07) is 5.92. The van der Waals surface area contributed by atoms with Crippen molar-refractivity contribution in [1.82, 2.24) is 4.98 Å². The lowest BCUT2D eigenvalue weighted by Crippen LogP contribution is -2.42. The second kappa shape index (κ2) is 9.01. The number of carbonyl (C=O) groups is 1. The number of nitrogens with one attached hydrogen (secondary N) is 1. The van der Waals surface area contributed by atoms with Crippen molar-refractivity contribution in [1.29, 1.82) is 0 Å². The van der Waals surface area contributed by atoms with Crippen LogP contribution in [-0.4, -0.2) is 35.7 Å². The first kappa shape index (κ1) is 25.7. The lowest BCUT2D eigenvalue weighted by molar-refractivity contribution is -0.385. The SMILES string of the molecule is CC1(C(F)(F)F)C=C(S(=O)(=O)Nc2cc(Cl)cnc2C(=O)c2ccccc2[N+](=O)[O-])C=CC1Cl. The molecule has 2 aromatic rings. The van der Waals surface area contributed by atoms with E-state index in [1.54, 1.807) is 0 Å². The van der Waals surface area contributed by atoms with Gasteiger partial charge in [0.05, 0.1) is 25.9 Å². The monoisotopic (exact) mass is 535 g/mol. The van der Waals surface area contributed by atoms with E-state index in [9.17, 15) is 36.5 Å². The Bertz CT molecular complexity index is 1350. The maximum Gasteiger partial charge on any atom is 0.399 e. The minimum absolute atomic E-state index is 0.106. The van der Waals surface area contributed by atoms with Crippen molar-refractivity contribution in [3.8, 4) is 0 Å². The van der Waals surface area contributed by atoms with Gasteiger partial charge in [-0.1, -0.05) is 29.8 Å². The number of carbonyl (C=O) groups excluding carboxylic acids is 1. The molecule has 0 spiro atoms. The fourth-order valence-corrected chi connectivity index (χ4v) is 4.70. The van der Waals surface area contributed by atoms with Gasteiger partial charge in [0.15, 0.2) is 0 Å². The van der Waals surface area contributed by atoms with Crippen LogP contribution >= 0.6 is 23.2 Å². The van der Waals surface area contributed by atoms with Crippen molar-refractivity contribution >= 4 is 50.4 Å². The lowest BCUT2D eigenvalue weighted by Gasteiger charge is -2.34. The molecule has 1 aliphatic rings. The molecule has 0 bridgehead atoms. The first-order chi connectivity index (χ1) is 15.7. The van der Waals surface area contributed by atoms with Gasteiger partial charge in [0, 0.05) is 12.3 Å². The maximum atomic E-state index is 13.6. The third kappa shape index (κ3) is 4.79. The predicted octanol–water partition coefficient (Wildman–Crippen LogP) is 5.25. The lowest BCUT2D eigenvalue weighted by atomic mass is 9.82. The number of nitro groups is 1. The molecular formula is C20H14Cl2F3N3O5S. The van der Waals surface area contributed by atoms with E-state index in [2.05, 4.69) is 4.98 Å². The average Bonchev–Trinajstić information content (AvgIpc) is 2.74. The molecule has 0 fully saturated rings. The molecule has 8 nitrogen and oxygen atoms in total. The molecule has 1 aliphatic carbocycles. The summed E-state index contributed by atoms with van der Waals surface area (Å²) < 4.78 is 68.6. The molecule has 1 heterocycles. The Balaban J connectivity index is 2.07. The van der Waals surface area contributed by atoms with Crippen molar-refractivity contribution in [2.24, 2.45) is 5.41 Å². The molecule has 34 heavy (non-hydrogen) atoms. The molecule has 0 radical (unpaired) electrons. The Kier molecular flexibility index (Phi) is 6.80. The Morgan fingerprint density at radius 2 is 1.94 bits per heavy atom. The van der Waals surface area contributed by atoms with Crippen molar-refractivity contribution in [2.75, 3.05) is 4.72 Å². The Morgan fingerprint density at radius 3 is 2.56 bits per heavy atom. The van der Waals surface area contributed by atoms with Gasteiger partial charge in [-0.25, -0.2) is 13.4 Å². The van der Waals surface area contributed by atoms with Gasteiger partial charge in [-0.3, -0.25) is 19.6 Å². The Hall–Kier alpha value is -2.96. The van der Waals surface area contributed by atoms with E-state index in [-0.39, 0.29) is 10.6 Å². The first-order valence-corrected chi connectivity index (χ1v) is 11.6. The molecule has 1 aromatic carbocycles. The summed E-state index contributed by atoms with van der Waals surface area (Å²) in [6.45, 7) is 0.744. The molecule has 1 aromatic heterocycles. The van der Waals surface area contributed by atoms with E-state index in [4.69, 9.17) is 23.2 Å². The van der Waals surface area contributed by atoms with Gasteiger partial charge in [0.2, 0.25) is 5.78 Å². The molecule has 2 atom stereocenters. The van der Waals surface area contributed by atoms with Gasteiger partial charge in [0.25, 0.3) is 15.7 Å². The Morgan fingerprint density at radius 1 is 1.29 bits per heavy atom. The van der Waals surface area contributed by atoms with Gasteiger partial charge in [-0.15, -0.1) is 11.6 Å². The van der Waals surface area contributed by atoms with E-state index in [1.807, 2.05) is 4.72 Å². The third-order valence-corrected chi connectivity index (χ3v) is 7.19. The van der Waals surface area contributed by atoms with Crippen LogP contribution in [0.5, 0.6) is 0 Å². The van der Waals surface area contributed by atoms with Gasteiger partial charge in [-0.2, -0.15) is 13.2 Å². The minimum atomic E-state index is -4.87. The summed E-state index contributed by atoms with van der Waals surface area (Å²) in [7, 11) is -4.69. The maximum absolute atomic E-state index is 13.6. The second-order valence-electron chi connectivity index (χ2n) is 7.35. The zero-order valence-corrected chi connectivity index (χ0v) is 19.3. The average molecular weight is 536 g/mol. The molecule has 0 saturated carbocycles. The molecule has 3 rings (SSSR count). The first-order valence-electron chi connectivity index (χ1n) is 9.26. The van der Waals surface area contributed by atoms with Crippen LogP contribution < -0.4 is 4.72 Å². The van der Waals surface area contributed by atoms with E-state index in [0.29, 0.717) is 6.08 Å². The summed E-state index contributed by atoms with van der Waals surface area (Å²) >= 11 is 11.7. The third-order valence-electron chi connectivity index (χ3n) is 5.02. The van der Waals surface area contributed by atoms with Gasteiger partial charge in [0.1, 0.15) is 16.7 Å². The summed E-state index contributed by atoms with van der Waals surface area (Å²) in [5.41, 5.74) is -4.65. The minimum Gasteiger partial charge on any atom is -0.286 e. The highest BCUT2D eigenvalue weighted by molar-refractivity contribution is 7.96. The number of rotatable bonds is 6. The topological polar surface area (TPSA) is 119 Å². The van der Waals surface area contributed by atoms with Crippen molar-refractivity contribution in [3.63, 3.8) is 0 Å². The van der Waals surface area contributed by atoms with E-state index in [1.165, 1.54) is 12.1 Å². The summed E-state index contributed by atoms with van der Waals surface area (Å²) in [5, 5.41) is 9.62. The standard InChI is InChI=1S/C20H14Cl2F3N3O5S/c1-19(20(23,24)25)9-12(6-7-16(19)22)34(32,33)27-14-8-11(21)10-26-17(14)18(29)13-4-2-3-5-15(13)28(30)31/h2-10,16,27H,1H3.